The summed E-state index contributed by atoms with van der Waals surface area (Å²) in [6, 6.07) is 11.9. The molecule has 2 atom stereocenters. The molecule has 2 unspecified atom stereocenters. The van der Waals surface area contributed by atoms with E-state index in [-0.39, 0.29) is 12.1 Å². The van der Waals surface area contributed by atoms with E-state index < -0.39 is 0 Å². The van der Waals surface area contributed by atoms with Crippen LogP contribution in [0.25, 0.3) is 11.0 Å². The van der Waals surface area contributed by atoms with E-state index in [0.717, 1.165) is 22.6 Å². The number of benzene rings is 1. The van der Waals surface area contributed by atoms with Gasteiger partial charge in [0.1, 0.15) is 17.6 Å². The molecule has 2 aromatic heterocycles. The van der Waals surface area contributed by atoms with Crippen molar-refractivity contribution in [2.75, 3.05) is 0 Å². The summed E-state index contributed by atoms with van der Waals surface area (Å²) in [5, 5.41) is 0. The molecule has 4 nitrogen and oxygen atoms in total. The second-order valence-electron chi connectivity index (χ2n) is 4.89. The Bertz CT molecular complexity index is 696. The van der Waals surface area contributed by atoms with Gasteiger partial charge in [-0.2, -0.15) is 0 Å². The Labute approximate surface area is 111 Å². The Morgan fingerprint density at radius 3 is 2.68 bits per heavy atom. The average molecular weight is 255 g/mol. The van der Waals surface area contributed by atoms with Crippen molar-refractivity contribution < 1.29 is 4.42 Å². The van der Waals surface area contributed by atoms with Crippen LogP contribution in [0.4, 0.5) is 0 Å². The highest BCUT2D eigenvalue weighted by molar-refractivity contribution is 5.75. The van der Waals surface area contributed by atoms with Crippen molar-refractivity contribution >= 4 is 11.0 Å². The monoisotopic (exact) mass is 255 g/mol. The molecule has 0 aliphatic heterocycles. The minimum absolute atomic E-state index is 0.0406. The summed E-state index contributed by atoms with van der Waals surface area (Å²) in [4.78, 5) is 4.42. The number of para-hydroxylation sites is 2. The second-order valence-corrected chi connectivity index (χ2v) is 4.89. The molecule has 3 rings (SSSR count). The predicted octanol–water partition coefficient (Wildman–Crippen LogP) is 2.87. The summed E-state index contributed by atoms with van der Waals surface area (Å²) in [5.41, 5.74) is 8.19. The molecule has 3 aromatic rings. The Morgan fingerprint density at radius 1 is 1.21 bits per heavy atom. The third-order valence-corrected chi connectivity index (χ3v) is 3.33. The van der Waals surface area contributed by atoms with Crippen LogP contribution in [0.2, 0.25) is 0 Å². The van der Waals surface area contributed by atoms with Crippen LogP contribution >= 0.6 is 0 Å². The van der Waals surface area contributed by atoms with Crippen molar-refractivity contribution in [1.29, 1.82) is 0 Å². The zero-order valence-corrected chi connectivity index (χ0v) is 11.1. The van der Waals surface area contributed by atoms with E-state index in [2.05, 4.69) is 9.55 Å². The van der Waals surface area contributed by atoms with Gasteiger partial charge < -0.3 is 14.7 Å². The molecule has 0 amide bonds. The van der Waals surface area contributed by atoms with Crippen LogP contribution in [0.1, 0.15) is 24.5 Å². The number of aromatic nitrogens is 2. The van der Waals surface area contributed by atoms with E-state index in [1.54, 1.807) is 0 Å². The normalized spacial score (nSPS) is 14.7. The number of aryl methyl sites for hydroxylation is 1. The van der Waals surface area contributed by atoms with Gasteiger partial charge in [0.25, 0.3) is 0 Å². The van der Waals surface area contributed by atoms with Gasteiger partial charge in [-0.05, 0) is 38.1 Å². The van der Waals surface area contributed by atoms with E-state index in [1.165, 1.54) is 0 Å². The Morgan fingerprint density at radius 2 is 2.00 bits per heavy atom. The van der Waals surface area contributed by atoms with Gasteiger partial charge in [-0.25, -0.2) is 4.98 Å². The molecule has 0 radical (unpaired) electrons. The number of imidazole rings is 1. The molecule has 0 spiro atoms. The molecule has 0 fully saturated rings. The first-order valence-corrected chi connectivity index (χ1v) is 6.40. The van der Waals surface area contributed by atoms with Gasteiger partial charge in [-0.1, -0.05) is 12.1 Å². The first-order valence-electron chi connectivity index (χ1n) is 6.40. The summed E-state index contributed by atoms with van der Waals surface area (Å²) in [6.07, 6.45) is 1.83. The quantitative estimate of drug-likeness (QED) is 0.783. The van der Waals surface area contributed by atoms with Gasteiger partial charge >= 0.3 is 0 Å². The highest BCUT2D eigenvalue weighted by Crippen LogP contribution is 2.27. The van der Waals surface area contributed by atoms with Gasteiger partial charge in [-0.15, -0.1) is 0 Å². The van der Waals surface area contributed by atoms with Crippen molar-refractivity contribution in [3.8, 4) is 0 Å². The standard InChI is InChI=1S/C15H17N3O/c1-10-7-8-14(19-10)15(11(2)16)18-9-17-12-5-3-4-6-13(12)18/h3-9,11,15H,16H2,1-2H3. The molecule has 0 bridgehead atoms. The topological polar surface area (TPSA) is 57.0 Å². The van der Waals surface area contributed by atoms with Gasteiger partial charge in [0.2, 0.25) is 0 Å². The number of hydrogen-bond donors (Lipinski definition) is 1. The zero-order chi connectivity index (χ0) is 13.4. The zero-order valence-electron chi connectivity index (χ0n) is 11.1. The highest BCUT2D eigenvalue weighted by Gasteiger charge is 2.23. The molecular formula is C15H17N3O. The molecule has 1 aromatic carbocycles. The lowest BCUT2D eigenvalue weighted by atomic mass is 10.1. The highest BCUT2D eigenvalue weighted by atomic mass is 16.3. The molecule has 4 heteroatoms. The third-order valence-electron chi connectivity index (χ3n) is 3.33. The Hall–Kier alpha value is -2.07. The summed E-state index contributed by atoms with van der Waals surface area (Å²) >= 11 is 0. The van der Waals surface area contributed by atoms with E-state index in [0.29, 0.717) is 0 Å². The van der Waals surface area contributed by atoms with Gasteiger partial charge in [-0.3, -0.25) is 0 Å². The summed E-state index contributed by atoms with van der Waals surface area (Å²) in [7, 11) is 0. The lowest BCUT2D eigenvalue weighted by Gasteiger charge is -2.21. The maximum absolute atomic E-state index is 6.15. The van der Waals surface area contributed by atoms with Crippen LogP contribution in [-0.4, -0.2) is 15.6 Å². The van der Waals surface area contributed by atoms with Gasteiger partial charge in [0, 0.05) is 6.04 Å². The number of nitrogens with two attached hydrogens (primary N) is 1. The van der Waals surface area contributed by atoms with E-state index in [9.17, 15) is 0 Å². The second kappa shape index (κ2) is 4.55. The van der Waals surface area contributed by atoms with Crippen LogP contribution in [0.5, 0.6) is 0 Å². The number of rotatable bonds is 3. The molecule has 0 saturated heterocycles. The lowest BCUT2D eigenvalue weighted by molar-refractivity contribution is 0.385. The summed E-state index contributed by atoms with van der Waals surface area (Å²) in [5.74, 6) is 1.76. The van der Waals surface area contributed by atoms with Gasteiger partial charge in [0.05, 0.1) is 17.4 Å². The number of hydrogen-bond acceptors (Lipinski definition) is 3. The SMILES string of the molecule is Cc1ccc(C(C(C)N)n2cnc3ccccc32)o1. The fourth-order valence-electron chi connectivity index (χ4n) is 2.46. The van der Waals surface area contributed by atoms with Crippen LogP contribution in [0.15, 0.2) is 47.1 Å². The first-order chi connectivity index (χ1) is 9.16. The predicted molar refractivity (Wildman–Crippen MR) is 75.0 cm³/mol. The fourth-order valence-corrected chi connectivity index (χ4v) is 2.46. The van der Waals surface area contributed by atoms with Crippen molar-refractivity contribution in [1.82, 2.24) is 9.55 Å². The largest absolute Gasteiger partial charge is 0.464 e. The minimum Gasteiger partial charge on any atom is -0.464 e. The van der Waals surface area contributed by atoms with Gasteiger partial charge in [0.15, 0.2) is 0 Å². The summed E-state index contributed by atoms with van der Waals surface area (Å²) < 4.78 is 7.83. The maximum Gasteiger partial charge on any atom is 0.128 e. The van der Waals surface area contributed by atoms with Crippen LogP contribution in [-0.2, 0) is 0 Å². The molecule has 98 valence electrons. The number of nitrogens with zero attached hydrogens (tertiary/aromatic N) is 2. The van der Waals surface area contributed by atoms with Crippen molar-refractivity contribution in [2.24, 2.45) is 5.73 Å². The first kappa shape index (κ1) is 12.0. The van der Waals surface area contributed by atoms with Crippen molar-refractivity contribution in [3.05, 3.63) is 54.2 Å². The molecule has 0 aliphatic carbocycles. The third kappa shape index (κ3) is 2.04. The van der Waals surface area contributed by atoms with Crippen LogP contribution in [0, 0.1) is 6.92 Å². The Balaban J connectivity index is 2.15. The molecule has 2 N–H and O–H groups in total. The number of furan rings is 1. The average Bonchev–Trinajstić information content (AvgIpc) is 2.98. The van der Waals surface area contributed by atoms with E-state index in [1.807, 2.05) is 56.6 Å². The molecular weight excluding hydrogens is 238 g/mol. The van der Waals surface area contributed by atoms with Crippen LogP contribution < -0.4 is 5.73 Å². The molecule has 0 aliphatic rings. The minimum atomic E-state index is -0.0665. The van der Waals surface area contributed by atoms with Crippen molar-refractivity contribution in [2.45, 2.75) is 25.9 Å². The molecule has 2 heterocycles. The van der Waals surface area contributed by atoms with Crippen LogP contribution in [0.3, 0.4) is 0 Å². The molecule has 19 heavy (non-hydrogen) atoms. The fraction of sp³-hybridized carbons (Fsp3) is 0.267. The lowest BCUT2D eigenvalue weighted by Crippen LogP contribution is -2.29. The Kier molecular flexibility index (Phi) is 2.87. The smallest absolute Gasteiger partial charge is 0.128 e. The van der Waals surface area contributed by atoms with E-state index in [4.69, 9.17) is 10.2 Å². The maximum atomic E-state index is 6.15. The molecule has 0 saturated carbocycles. The number of fused-ring (bicyclic) bond motifs is 1. The van der Waals surface area contributed by atoms with Crippen molar-refractivity contribution in [3.63, 3.8) is 0 Å². The van der Waals surface area contributed by atoms with E-state index >= 15 is 0 Å². The summed E-state index contributed by atoms with van der Waals surface area (Å²) in [6.45, 7) is 3.92.